The van der Waals surface area contributed by atoms with E-state index in [1.807, 2.05) is 18.2 Å². The van der Waals surface area contributed by atoms with E-state index >= 15 is 0 Å². The van der Waals surface area contributed by atoms with Crippen molar-refractivity contribution >= 4 is 22.7 Å². The molecular weight excluding hydrogens is 364 g/mol. The maximum Gasteiger partial charge on any atom is 0.231 e. The molecule has 4 nitrogen and oxygen atoms in total. The second kappa shape index (κ2) is 6.23. The van der Waals surface area contributed by atoms with E-state index in [1.54, 1.807) is 22.7 Å². The highest BCUT2D eigenvalue weighted by Gasteiger charge is 2.16. The molecule has 0 amide bonds. The van der Waals surface area contributed by atoms with Gasteiger partial charge in [-0.25, -0.2) is 9.97 Å². The van der Waals surface area contributed by atoms with E-state index in [0.29, 0.717) is 0 Å². The molecule has 1 aliphatic rings. The Bertz CT molecular complexity index is 1080. The molecule has 6 heteroatoms. The Morgan fingerprint density at radius 2 is 1.38 bits per heavy atom. The summed E-state index contributed by atoms with van der Waals surface area (Å²) in [7, 11) is 0. The molecule has 0 saturated carbocycles. The molecule has 4 aromatic rings. The first kappa shape index (κ1) is 15.5. The Morgan fingerprint density at radius 1 is 0.769 bits per heavy atom. The number of fused-ring (bicyclic) bond motifs is 1. The summed E-state index contributed by atoms with van der Waals surface area (Å²) < 4.78 is 10.8. The van der Waals surface area contributed by atoms with Gasteiger partial charge in [-0.3, -0.25) is 0 Å². The van der Waals surface area contributed by atoms with Crippen LogP contribution >= 0.6 is 22.7 Å². The van der Waals surface area contributed by atoms with Crippen LogP contribution in [0.5, 0.6) is 11.5 Å². The molecule has 2 aromatic heterocycles. The lowest BCUT2D eigenvalue weighted by molar-refractivity contribution is 0.174. The van der Waals surface area contributed by atoms with Gasteiger partial charge in [0.25, 0.3) is 0 Å². The van der Waals surface area contributed by atoms with Gasteiger partial charge in [-0.15, -0.1) is 22.7 Å². The smallest absolute Gasteiger partial charge is 0.231 e. The summed E-state index contributed by atoms with van der Waals surface area (Å²) in [5.74, 6) is 1.56. The molecule has 26 heavy (non-hydrogen) atoms. The Hall–Kier alpha value is -2.70. The molecule has 5 rings (SSSR count). The number of hydrogen-bond donors (Lipinski definition) is 0. The summed E-state index contributed by atoms with van der Waals surface area (Å²) in [5, 5.41) is 6.01. The average molecular weight is 378 g/mol. The number of hydrogen-bond acceptors (Lipinski definition) is 6. The van der Waals surface area contributed by atoms with Gasteiger partial charge in [0, 0.05) is 21.9 Å². The predicted molar refractivity (Wildman–Crippen MR) is 105 cm³/mol. The van der Waals surface area contributed by atoms with Gasteiger partial charge in [0.05, 0.1) is 11.4 Å². The number of ether oxygens (including phenoxy) is 2. The zero-order valence-electron chi connectivity index (χ0n) is 13.9. The minimum atomic E-state index is 0.280. The molecule has 0 bridgehead atoms. The van der Waals surface area contributed by atoms with Crippen molar-refractivity contribution < 1.29 is 9.47 Å². The highest BCUT2D eigenvalue weighted by Crippen LogP contribution is 2.38. The van der Waals surface area contributed by atoms with Crippen molar-refractivity contribution in [2.24, 2.45) is 0 Å². The standard InChI is InChI=1S/C20H14N2O2S2/c1-12-2-4-13(5-3-12)15-9-25-19(21-15)20-22-16(10-26-20)14-6-7-17-18(8-14)24-11-23-17/h2-10H,11H2,1H3. The number of nitrogens with zero attached hydrogens (tertiary/aromatic N) is 2. The summed E-state index contributed by atoms with van der Waals surface area (Å²) in [4.78, 5) is 9.53. The van der Waals surface area contributed by atoms with Gasteiger partial charge in [-0.1, -0.05) is 29.8 Å². The lowest BCUT2D eigenvalue weighted by Gasteiger charge is -1.99. The average Bonchev–Trinajstić information content (AvgIpc) is 3.40. The molecule has 0 atom stereocenters. The molecule has 3 heterocycles. The van der Waals surface area contributed by atoms with Crippen molar-refractivity contribution in [3.63, 3.8) is 0 Å². The quantitative estimate of drug-likeness (QED) is 0.463. The van der Waals surface area contributed by atoms with Crippen LogP contribution in [0.15, 0.2) is 53.2 Å². The Balaban J connectivity index is 1.44. The molecule has 1 aliphatic heterocycles. The normalized spacial score (nSPS) is 12.5. The number of aromatic nitrogens is 2. The molecule has 0 saturated heterocycles. The highest BCUT2D eigenvalue weighted by atomic mass is 32.1. The minimum absolute atomic E-state index is 0.280. The Morgan fingerprint density at radius 3 is 2.12 bits per heavy atom. The summed E-state index contributed by atoms with van der Waals surface area (Å²) in [6.07, 6.45) is 0. The Kier molecular flexibility index (Phi) is 3.72. The minimum Gasteiger partial charge on any atom is -0.454 e. The third-order valence-corrected chi connectivity index (χ3v) is 6.03. The van der Waals surface area contributed by atoms with Crippen molar-refractivity contribution in [2.75, 3.05) is 6.79 Å². The molecule has 0 fully saturated rings. The number of rotatable bonds is 3. The fourth-order valence-corrected chi connectivity index (χ4v) is 4.50. The maximum absolute atomic E-state index is 5.46. The van der Waals surface area contributed by atoms with Crippen molar-refractivity contribution in [2.45, 2.75) is 6.92 Å². The first-order chi connectivity index (χ1) is 12.8. The number of benzene rings is 2. The van der Waals surface area contributed by atoms with E-state index in [9.17, 15) is 0 Å². The summed E-state index contributed by atoms with van der Waals surface area (Å²) in [6, 6.07) is 14.3. The second-order valence-electron chi connectivity index (χ2n) is 6.01. The van der Waals surface area contributed by atoms with Crippen LogP contribution in [0.2, 0.25) is 0 Å². The second-order valence-corrected chi connectivity index (χ2v) is 7.73. The molecule has 128 valence electrons. The third-order valence-electron chi connectivity index (χ3n) is 4.21. The summed E-state index contributed by atoms with van der Waals surface area (Å²) in [6.45, 7) is 2.37. The number of thiazole rings is 2. The molecule has 0 aliphatic carbocycles. The molecule has 0 radical (unpaired) electrons. The molecule has 0 spiro atoms. The SMILES string of the molecule is Cc1ccc(-c2csc(-c3nc(-c4ccc5c(c4)OCO5)cs3)n2)cc1. The number of aryl methyl sites for hydroxylation is 1. The molecular formula is C20H14N2O2S2. The molecule has 2 aromatic carbocycles. The van der Waals surface area contributed by atoms with Gasteiger partial charge in [-0.05, 0) is 25.1 Å². The van der Waals surface area contributed by atoms with Crippen LogP contribution < -0.4 is 9.47 Å². The van der Waals surface area contributed by atoms with E-state index in [4.69, 9.17) is 19.4 Å². The lowest BCUT2D eigenvalue weighted by atomic mass is 10.1. The zero-order valence-corrected chi connectivity index (χ0v) is 15.6. The Labute approximate surface area is 158 Å². The van der Waals surface area contributed by atoms with Gasteiger partial charge < -0.3 is 9.47 Å². The van der Waals surface area contributed by atoms with Crippen LogP contribution in [-0.4, -0.2) is 16.8 Å². The van der Waals surface area contributed by atoms with Crippen molar-refractivity contribution in [3.05, 3.63) is 58.8 Å². The largest absolute Gasteiger partial charge is 0.454 e. The molecule has 0 N–H and O–H groups in total. The van der Waals surface area contributed by atoms with Gasteiger partial charge >= 0.3 is 0 Å². The van der Waals surface area contributed by atoms with E-state index in [-0.39, 0.29) is 6.79 Å². The molecule has 0 unspecified atom stereocenters. The van der Waals surface area contributed by atoms with Crippen LogP contribution in [-0.2, 0) is 0 Å². The van der Waals surface area contributed by atoms with E-state index in [0.717, 1.165) is 44.0 Å². The van der Waals surface area contributed by atoms with Crippen LogP contribution in [0.1, 0.15) is 5.56 Å². The lowest BCUT2D eigenvalue weighted by Crippen LogP contribution is -1.92. The van der Waals surface area contributed by atoms with E-state index < -0.39 is 0 Å². The van der Waals surface area contributed by atoms with E-state index in [1.165, 1.54) is 5.56 Å². The fourth-order valence-electron chi connectivity index (χ4n) is 2.79. The van der Waals surface area contributed by atoms with Gasteiger partial charge in [0.1, 0.15) is 0 Å². The monoisotopic (exact) mass is 378 g/mol. The summed E-state index contributed by atoms with van der Waals surface area (Å²) >= 11 is 3.23. The zero-order chi connectivity index (χ0) is 17.5. The van der Waals surface area contributed by atoms with Crippen molar-refractivity contribution in [1.29, 1.82) is 0 Å². The van der Waals surface area contributed by atoms with E-state index in [2.05, 4.69) is 41.9 Å². The first-order valence-electron chi connectivity index (χ1n) is 8.15. The van der Waals surface area contributed by atoms with Gasteiger partial charge in [0.2, 0.25) is 6.79 Å². The van der Waals surface area contributed by atoms with Crippen molar-refractivity contribution in [3.8, 4) is 44.0 Å². The van der Waals surface area contributed by atoms with Gasteiger partial charge in [0.15, 0.2) is 21.5 Å². The van der Waals surface area contributed by atoms with Crippen LogP contribution in [0.3, 0.4) is 0 Å². The third kappa shape index (κ3) is 2.77. The summed E-state index contributed by atoms with van der Waals surface area (Å²) in [5.41, 5.74) is 5.32. The van der Waals surface area contributed by atoms with Gasteiger partial charge in [-0.2, -0.15) is 0 Å². The first-order valence-corrected chi connectivity index (χ1v) is 9.91. The predicted octanol–water partition coefficient (Wildman–Crippen LogP) is 5.64. The topological polar surface area (TPSA) is 44.2 Å². The van der Waals surface area contributed by atoms with Crippen LogP contribution in [0, 0.1) is 6.92 Å². The van der Waals surface area contributed by atoms with Crippen LogP contribution in [0.25, 0.3) is 32.5 Å². The van der Waals surface area contributed by atoms with Crippen molar-refractivity contribution in [1.82, 2.24) is 9.97 Å². The highest BCUT2D eigenvalue weighted by molar-refractivity contribution is 7.20. The fraction of sp³-hybridized carbons (Fsp3) is 0.100. The van der Waals surface area contributed by atoms with Crippen LogP contribution in [0.4, 0.5) is 0 Å². The maximum atomic E-state index is 5.46.